The van der Waals surface area contributed by atoms with Crippen molar-refractivity contribution in [3.8, 4) is 11.5 Å². The molecule has 98 valence electrons. The highest BCUT2D eigenvalue weighted by molar-refractivity contribution is 7.94. The summed E-state index contributed by atoms with van der Waals surface area (Å²) in [6.45, 7) is 0. The van der Waals surface area contributed by atoms with E-state index in [9.17, 15) is 16.8 Å². The Labute approximate surface area is 96.8 Å². The Bertz CT molecular complexity index is 491. The first-order valence-electron chi connectivity index (χ1n) is 3.63. The number of hydrogen-bond donors (Lipinski definition) is 4. The van der Waals surface area contributed by atoms with Crippen LogP contribution in [0, 0.1) is 0 Å². The summed E-state index contributed by atoms with van der Waals surface area (Å²) in [6.07, 6.45) is 0. The van der Waals surface area contributed by atoms with E-state index in [1.165, 1.54) is 24.3 Å². The van der Waals surface area contributed by atoms with Gasteiger partial charge in [-0.3, -0.25) is 9.11 Å². The Morgan fingerprint density at radius 2 is 1.00 bits per heavy atom. The number of phenols is 2. The minimum absolute atomic E-state index is 0.169. The van der Waals surface area contributed by atoms with Crippen molar-refractivity contribution in [3.63, 3.8) is 0 Å². The van der Waals surface area contributed by atoms with Crippen molar-refractivity contribution >= 4 is 20.8 Å². The fourth-order valence-corrected chi connectivity index (χ4v) is 1.43. The number of rotatable bonds is 2. The van der Waals surface area contributed by atoms with E-state index in [2.05, 4.69) is 3.63 Å². The van der Waals surface area contributed by atoms with Crippen molar-refractivity contribution in [3.05, 3.63) is 24.3 Å². The van der Waals surface area contributed by atoms with E-state index in [0.29, 0.717) is 0 Å². The third kappa shape index (κ3) is 10.9. The topological polar surface area (TPSA) is 158 Å². The Morgan fingerprint density at radius 1 is 0.765 bits per heavy atom. The molecule has 17 heavy (non-hydrogen) atoms. The van der Waals surface area contributed by atoms with E-state index in [1.54, 1.807) is 0 Å². The molecule has 0 heterocycles. The van der Waals surface area contributed by atoms with Crippen LogP contribution in [0.25, 0.3) is 0 Å². The molecule has 0 saturated heterocycles. The molecule has 0 spiro atoms. The minimum Gasteiger partial charge on any atom is -0.508 e. The smallest absolute Gasteiger partial charge is 0.413 e. The molecule has 0 unspecified atom stereocenters. The van der Waals surface area contributed by atoms with Gasteiger partial charge in [0.25, 0.3) is 0 Å². The molecule has 1 aromatic rings. The minimum atomic E-state index is -5.12. The van der Waals surface area contributed by atoms with Crippen molar-refractivity contribution in [2.24, 2.45) is 0 Å². The van der Waals surface area contributed by atoms with Crippen LogP contribution in [0.15, 0.2) is 24.3 Å². The maximum absolute atomic E-state index is 9.44. The molecule has 1 aromatic carbocycles. The van der Waals surface area contributed by atoms with Crippen LogP contribution in [0.2, 0.25) is 0 Å². The summed E-state index contributed by atoms with van der Waals surface area (Å²) in [6, 6.07) is 5.70. The average molecular weight is 288 g/mol. The fourth-order valence-electron chi connectivity index (χ4n) is 0.561. The van der Waals surface area contributed by atoms with E-state index in [0.717, 1.165) is 0 Å². The standard InChI is InChI=1S/C6H6O2.H2O7S2/c7-5-1-2-6(8)4-3-5;1-8(2,3)7-9(4,5)6/h1-4,7-8H;(H,1,2,3)(H,4,5,6). The molecule has 4 N–H and O–H groups in total. The molecule has 0 radical (unpaired) electrons. The molecule has 0 bridgehead atoms. The first-order valence-corrected chi connectivity index (χ1v) is 6.36. The molecule has 11 heteroatoms. The highest BCUT2D eigenvalue weighted by Crippen LogP contribution is 2.13. The third-order valence-electron chi connectivity index (χ3n) is 1.02. The van der Waals surface area contributed by atoms with Crippen LogP contribution in [0.3, 0.4) is 0 Å². The molecule has 0 fully saturated rings. The zero-order valence-corrected chi connectivity index (χ0v) is 9.59. The fraction of sp³-hybridized carbons (Fsp3) is 0. The van der Waals surface area contributed by atoms with Crippen LogP contribution in [0.4, 0.5) is 0 Å². The van der Waals surface area contributed by atoms with Crippen molar-refractivity contribution in [2.75, 3.05) is 0 Å². The van der Waals surface area contributed by atoms with Crippen LogP contribution < -0.4 is 0 Å². The lowest BCUT2D eigenvalue weighted by molar-refractivity contribution is 0.344. The molecule has 0 amide bonds. The summed E-state index contributed by atoms with van der Waals surface area (Å²) in [4.78, 5) is 0. The second-order valence-corrected chi connectivity index (χ2v) is 4.70. The number of phenolic OH excluding ortho intramolecular Hbond substituents is 2. The van der Waals surface area contributed by atoms with Crippen LogP contribution >= 0.6 is 0 Å². The van der Waals surface area contributed by atoms with Gasteiger partial charge >= 0.3 is 20.8 Å². The Morgan fingerprint density at radius 3 is 1.12 bits per heavy atom. The van der Waals surface area contributed by atoms with E-state index >= 15 is 0 Å². The molecule has 9 nitrogen and oxygen atoms in total. The number of benzene rings is 1. The first-order chi connectivity index (χ1) is 7.49. The lowest BCUT2D eigenvalue weighted by Gasteiger charge is -1.89. The molecule has 0 aliphatic carbocycles. The Balaban J connectivity index is 0.000000302. The molecule has 0 saturated carbocycles. The predicted molar refractivity (Wildman–Crippen MR) is 54.0 cm³/mol. The molecular weight excluding hydrogens is 280 g/mol. The summed E-state index contributed by atoms with van der Waals surface area (Å²) < 4.78 is 55.6. The van der Waals surface area contributed by atoms with Crippen LogP contribution in [0.5, 0.6) is 11.5 Å². The Hall–Kier alpha value is -1.40. The van der Waals surface area contributed by atoms with E-state index in [1.807, 2.05) is 0 Å². The first kappa shape index (κ1) is 15.6. The van der Waals surface area contributed by atoms with Gasteiger partial charge < -0.3 is 10.2 Å². The summed E-state index contributed by atoms with van der Waals surface area (Å²) >= 11 is 0. The van der Waals surface area contributed by atoms with Crippen molar-refractivity contribution < 1.29 is 39.8 Å². The SMILES string of the molecule is O=S(=O)(O)OS(=O)(=O)O.Oc1ccc(O)cc1. The molecule has 0 aliphatic heterocycles. The van der Waals surface area contributed by atoms with Crippen molar-refractivity contribution in [2.45, 2.75) is 0 Å². The second-order valence-electron chi connectivity index (χ2n) is 2.44. The van der Waals surface area contributed by atoms with E-state index in [4.69, 9.17) is 19.3 Å². The summed E-state index contributed by atoms with van der Waals surface area (Å²) in [5, 5.41) is 17.3. The van der Waals surface area contributed by atoms with Gasteiger partial charge in [0.2, 0.25) is 0 Å². The molecule has 1 rings (SSSR count). The average Bonchev–Trinajstić information content (AvgIpc) is 2.04. The number of hydrogen-bond acceptors (Lipinski definition) is 7. The van der Waals surface area contributed by atoms with Gasteiger partial charge in [-0.1, -0.05) is 0 Å². The normalized spacial score (nSPS) is 11.4. The zero-order chi connectivity index (χ0) is 13.7. The van der Waals surface area contributed by atoms with Gasteiger partial charge in [-0.05, 0) is 24.3 Å². The van der Waals surface area contributed by atoms with Gasteiger partial charge in [0.1, 0.15) is 11.5 Å². The van der Waals surface area contributed by atoms with E-state index in [-0.39, 0.29) is 11.5 Å². The van der Waals surface area contributed by atoms with Gasteiger partial charge in [0.05, 0.1) is 0 Å². The molecule has 0 atom stereocenters. The quantitative estimate of drug-likeness (QED) is 0.423. The maximum atomic E-state index is 9.44. The summed E-state index contributed by atoms with van der Waals surface area (Å²) in [7, 11) is -10.2. The summed E-state index contributed by atoms with van der Waals surface area (Å²) in [5.74, 6) is 0.339. The summed E-state index contributed by atoms with van der Waals surface area (Å²) in [5.41, 5.74) is 0. The monoisotopic (exact) mass is 288 g/mol. The van der Waals surface area contributed by atoms with Crippen LogP contribution in [-0.4, -0.2) is 36.2 Å². The van der Waals surface area contributed by atoms with E-state index < -0.39 is 20.8 Å². The highest BCUT2D eigenvalue weighted by Gasteiger charge is 2.15. The maximum Gasteiger partial charge on any atom is 0.413 e. The van der Waals surface area contributed by atoms with Crippen molar-refractivity contribution in [1.82, 2.24) is 0 Å². The highest BCUT2D eigenvalue weighted by atomic mass is 32.3. The number of aromatic hydroxyl groups is 2. The zero-order valence-electron chi connectivity index (χ0n) is 7.96. The third-order valence-corrected chi connectivity index (χ3v) is 2.40. The van der Waals surface area contributed by atoms with Gasteiger partial charge in [-0.15, -0.1) is 3.63 Å². The van der Waals surface area contributed by atoms with Gasteiger partial charge in [-0.25, -0.2) is 0 Å². The van der Waals surface area contributed by atoms with Gasteiger partial charge in [0, 0.05) is 0 Å². The Kier molecular flexibility index (Phi) is 5.31. The molecular formula is C6H8O9S2. The predicted octanol–water partition coefficient (Wildman–Crippen LogP) is -0.294. The molecule has 0 aliphatic rings. The van der Waals surface area contributed by atoms with Gasteiger partial charge in [-0.2, -0.15) is 16.8 Å². The lowest BCUT2D eigenvalue weighted by atomic mass is 10.3. The molecule has 0 aromatic heterocycles. The van der Waals surface area contributed by atoms with Gasteiger partial charge in [0.15, 0.2) is 0 Å². The van der Waals surface area contributed by atoms with Crippen LogP contribution in [0.1, 0.15) is 0 Å². The second kappa shape index (κ2) is 5.79. The lowest BCUT2D eigenvalue weighted by Crippen LogP contribution is -2.10. The largest absolute Gasteiger partial charge is 0.508 e. The van der Waals surface area contributed by atoms with Crippen LogP contribution in [-0.2, 0) is 24.4 Å². The van der Waals surface area contributed by atoms with Crippen molar-refractivity contribution in [1.29, 1.82) is 0 Å².